The minimum Gasteiger partial charge on any atom is -0.309 e. The van der Waals surface area contributed by atoms with E-state index in [-0.39, 0.29) is 0 Å². The third-order valence-electron chi connectivity index (χ3n) is 26.8. The minimum atomic E-state index is -3.04. The molecule has 0 aliphatic rings. The lowest BCUT2D eigenvalue weighted by molar-refractivity contribution is 0.592. The van der Waals surface area contributed by atoms with Crippen LogP contribution < -0.4 is 15.9 Å². The van der Waals surface area contributed by atoms with Crippen molar-refractivity contribution in [2.24, 2.45) is 0 Å². The Morgan fingerprint density at radius 2 is 0.414 bits per heavy atom. The van der Waals surface area contributed by atoms with Gasteiger partial charge in [0, 0.05) is 104 Å². The van der Waals surface area contributed by atoms with Crippen LogP contribution >= 0.6 is 7.14 Å². The zero-order valence-electron chi connectivity index (χ0n) is 76.3. The molecule has 0 amide bonds. The van der Waals surface area contributed by atoms with Crippen molar-refractivity contribution in [2.45, 2.75) is 0 Å². The maximum atomic E-state index is 14.9. The number of hydrogen-bond donors (Lipinski definition) is 0. The molecule has 0 unspecified atom stereocenters. The van der Waals surface area contributed by atoms with E-state index in [1.807, 2.05) is 103 Å². The van der Waals surface area contributed by atoms with Gasteiger partial charge < -0.3 is 4.57 Å². The molecule has 0 bridgehead atoms. The Kier molecular flexibility index (Phi) is 22.5. The highest BCUT2D eigenvalue weighted by Gasteiger charge is 2.31. The SMILES string of the molecule is O=P(c1ccccc1)(c1ccccc1)c1ccc(-c2ccc3c(c2)nc(-c2ccccc2)c2cccc(-c4ccccc4)c23)cc1.c1ccc(-c2nc3cc(-c4ccc(-c5nc6ccccc6n5-c5ccccc5)cc4)ccc3c3c(-c4ccccc4)cccc23)cc1.c1ccc(-c2nc3cc(-c4ccc(-n5c(-c6ccccc6)nc6ccccc65)cc4)ccc3c3c(-c4ccccc4)cccc23)cc1. The van der Waals surface area contributed by atoms with E-state index in [0.29, 0.717) is 0 Å². The first-order valence-electron chi connectivity index (χ1n) is 47.4. The second-order valence-electron chi connectivity index (χ2n) is 35.1. The Morgan fingerprint density at radius 1 is 0.164 bits per heavy atom. The van der Waals surface area contributed by atoms with Crippen LogP contribution in [0.5, 0.6) is 0 Å². The van der Waals surface area contributed by atoms with E-state index in [0.717, 1.165) is 188 Å². The fraction of sp³-hybridized carbons (Fsp3) is 0. The number of hydrogen-bond acceptors (Lipinski definition) is 6. The average Bonchev–Trinajstić information content (AvgIpc) is 1.04. The first-order valence-corrected chi connectivity index (χ1v) is 49.1. The number of nitrogens with zero attached hydrogens (tertiary/aromatic N) is 7. The molecular formula is C131H88N7OP. The molecule has 21 aromatic carbocycles. The lowest BCUT2D eigenvalue weighted by Gasteiger charge is -2.20. The first-order chi connectivity index (χ1) is 69.3. The summed E-state index contributed by atoms with van der Waals surface area (Å²) in [6, 6.07) is 186. The van der Waals surface area contributed by atoms with Crippen molar-refractivity contribution >= 4 is 110 Å². The molecule has 26 aromatic rings. The molecule has 0 radical (unpaired) electrons. The summed E-state index contributed by atoms with van der Waals surface area (Å²) in [5.74, 6) is 1.86. The van der Waals surface area contributed by atoms with E-state index < -0.39 is 7.14 Å². The van der Waals surface area contributed by atoms with Crippen LogP contribution in [0.1, 0.15) is 0 Å². The number of pyridine rings is 3. The molecule has 9 heteroatoms. The van der Waals surface area contributed by atoms with Gasteiger partial charge in [0.25, 0.3) is 0 Å². The van der Waals surface area contributed by atoms with Crippen molar-refractivity contribution in [2.75, 3.05) is 0 Å². The second-order valence-corrected chi connectivity index (χ2v) is 37.9. The summed E-state index contributed by atoms with van der Waals surface area (Å²) in [6.07, 6.45) is 0. The number of rotatable bonds is 16. The quantitative estimate of drug-likeness (QED) is 0.0707. The topological polar surface area (TPSA) is 91.4 Å². The summed E-state index contributed by atoms with van der Waals surface area (Å²) >= 11 is 0. The molecular weight excluding hydrogens is 1720 g/mol. The van der Waals surface area contributed by atoms with Crippen molar-refractivity contribution in [3.63, 3.8) is 0 Å². The molecule has 5 aromatic heterocycles. The van der Waals surface area contributed by atoms with E-state index in [1.165, 1.54) is 49.5 Å². The molecule has 0 aliphatic carbocycles. The monoisotopic (exact) mass is 1810 g/mol. The molecule has 0 spiro atoms. The Labute approximate surface area is 811 Å². The lowest BCUT2D eigenvalue weighted by atomic mass is 9.92. The fourth-order valence-electron chi connectivity index (χ4n) is 20.1. The molecule has 140 heavy (non-hydrogen) atoms. The molecule has 0 atom stereocenters. The molecule has 0 saturated carbocycles. The van der Waals surface area contributed by atoms with Crippen LogP contribution in [0.3, 0.4) is 0 Å². The highest BCUT2D eigenvalue weighted by atomic mass is 31.2. The standard InChI is InChI=1S/2C44H29N3.C43H30NOP/c1-4-13-31(14-5-1)36-19-12-20-38-42(36)37-28-25-34(29-40(37)45-43(38)32-15-6-2-7-16-32)30-23-26-35(27-24-30)47-41-22-11-10-21-39(41)46-44(47)33-17-8-3-9-18-33;1-4-13-31(14-5-1)36-19-12-20-38-42(36)37-28-27-34(29-40(37)45-43(38)32-15-6-2-7-16-32)30-23-25-33(26-24-30)44-46-39-21-10-11-22-41(39)47(44)35-17-8-3-9-18-35;45-46(35-18-9-3-10-19-35,36-20-11-4-12-21-36)37-27-24-31(25-28-37)34-26-29-39-41(30-34)44-43(33-16-7-2-8-17-33)40-23-13-22-38(42(39)40)32-14-5-1-6-15-32/h2*1-29H;1-30H. The van der Waals surface area contributed by atoms with Crippen molar-refractivity contribution < 1.29 is 4.57 Å². The Bertz CT molecular complexity index is 9070. The third-order valence-corrected chi connectivity index (χ3v) is 29.8. The Balaban J connectivity index is 0.000000114. The van der Waals surface area contributed by atoms with Crippen molar-refractivity contribution in [1.29, 1.82) is 0 Å². The van der Waals surface area contributed by atoms with Crippen molar-refractivity contribution in [3.8, 4) is 135 Å². The molecule has 5 heterocycles. The summed E-state index contributed by atoms with van der Waals surface area (Å²) in [4.78, 5) is 26.0. The summed E-state index contributed by atoms with van der Waals surface area (Å²) in [6.45, 7) is 0. The van der Waals surface area contributed by atoms with Gasteiger partial charge in [-0.05, 0) is 133 Å². The van der Waals surface area contributed by atoms with E-state index in [2.05, 4.69) is 440 Å². The van der Waals surface area contributed by atoms with Gasteiger partial charge in [-0.25, -0.2) is 24.9 Å². The largest absolute Gasteiger partial charge is 0.309 e. The van der Waals surface area contributed by atoms with Gasteiger partial charge in [0.15, 0.2) is 7.14 Å². The van der Waals surface area contributed by atoms with E-state index in [4.69, 9.17) is 24.9 Å². The first kappa shape index (κ1) is 84.8. The normalized spacial score (nSPS) is 11.5. The molecule has 0 aliphatic heterocycles. The Hall–Kier alpha value is -18.2. The number of para-hydroxylation sites is 5. The molecule has 26 rings (SSSR count). The number of imidazole rings is 2. The fourth-order valence-corrected chi connectivity index (χ4v) is 22.7. The van der Waals surface area contributed by atoms with Crippen LogP contribution in [0.15, 0.2) is 534 Å². The highest BCUT2D eigenvalue weighted by Crippen LogP contribution is 2.47. The van der Waals surface area contributed by atoms with Gasteiger partial charge >= 0.3 is 0 Å². The van der Waals surface area contributed by atoms with Gasteiger partial charge in [-0.1, -0.05) is 467 Å². The number of benzene rings is 21. The molecule has 0 fully saturated rings. The predicted octanol–water partition coefficient (Wildman–Crippen LogP) is 32.8. The molecule has 0 saturated heterocycles. The van der Waals surface area contributed by atoms with Gasteiger partial charge in [0.2, 0.25) is 0 Å². The Morgan fingerprint density at radius 3 is 0.757 bits per heavy atom. The van der Waals surface area contributed by atoms with E-state index in [1.54, 1.807) is 0 Å². The number of fused-ring (bicyclic) bond motifs is 11. The average molecular weight is 1810 g/mol. The van der Waals surface area contributed by atoms with Crippen molar-refractivity contribution in [1.82, 2.24) is 34.1 Å². The van der Waals surface area contributed by atoms with Gasteiger partial charge in [0.1, 0.15) is 11.6 Å². The smallest absolute Gasteiger partial charge is 0.171 e. The second kappa shape index (κ2) is 37.2. The predicted molar refractivity (Wildman–Crippen MR) is 586 cm³/mol. The highest BCUT2D eigenvalue weighted by molar-refractivity contribution is 7.85. The summed E-state index contributed by atoms with van der Waals surface area (Å²) in [5, 5.41) is 13.0. The van der Waals surface area contributed by atoms with Crippen LogP contribution in [0, 0.1) is 0 Å². The van der Waals surface area contributed by atoms with E-state index in [9.17, 15) is 4.57 Å². The zero-order chi connectivity index (χ0) is 93.2. The molecule has 0 N–H and O–H groups in total. The van der Waals surface area contributed by atoms with Crippen LogP contribution in [-0.4, -0.2) is 34.1 Å². The van der Waals surface area contributed by atoms with Gasteiger partial charge in [0.05, 0.1) is 55.7 Å². The van der Waals surface area contributed by atoms with Gasteiger partial charge in [-0.15, -0.1) is 0 Å². The van der Waals surface area contributed by atoms with E-state index >= 15 is 0 Å². The van der Waals surface area contributed by atoms with Crippen molar-refractivity contribution in [3.05, 3.63) is 534 Å². The van der Waals surface area contributed by atoms with Gasteiger partial charge in [-0.2, -0.15) is 0 Å². The third kappa shape index (κ3) is 16.0. The maximum absolute atomic E-state index is 14.9. The molecule has 8 nitrogen and oxygen atoms in total. The zero-order valence-corrected chi connectivity index (χ0v) is 77.2. The van der Waals surface area contributed by atoms with Crippen LogP contribution in [0.25, 0.3) is 222 Å². The lowest BCUT2D eigenvalue weighted by Crippen LogP contribution is -2.24. The van der Waals surface area contributed by atoms with Crippen LogP contribution in [0.2, 0.25) is 0 Å². The van der Waals surface area contributed by atoms with Gasteiger partial charge in [-0.3, -0.25) is 9.13 Å². The summed E-state index contributed by atoms with van der Waals surface area (Å²) in [7, 11) is -3.04. The molecule has 658 valence electrons. The summed E-state index contributed by atoms with van der Waals surface area (Å²) < 4.78 is 19.4. The van der Waals surface area contributed by atoms with Crippen LogP contribution in [-0.2, 0) is 4.57 Å². The maximum Gasteiger partial charge on any atom is 0.171 e. The van der Waals surface area contributed by atoms with Crippen LogP contribution in [0.4, 0.5) is 0 Å². The summed E-state index contributed by atoms with van der Waals surface area (Å²) in [5.41, 5.74) is 31.5. The number of aromatic nitrogens is 7. The minimum absolute atomic E-state index is 0.817.